The molecular formula is C18H17F2N3O2. The first-order valence-electron chi connectivity index (χ1n) is 7.57. The molecule has 2 atom stereocenters. The molecular weight excluding hydrogens is 328 g/mol. The third-order valence-corrected chi connectivity index (χ3v) is 3.53. The van der Waals surface area contributed by atoms with E-state index in [0.717, 1.165) is 0 Å². The number of carbonyl (C=O) groups is 1. The molecule has 0 aromatic heterocycles. The van der Waals surface area contributed by atoms with Gasteiger partial charge in [-0.15, -0.1) is 0 Å². The molecule has 0 aliphatic heterocycles. The summed E-state index contributed by atoms with van der Waals surface area (Å²) in [6, 6.07) is 14.9. The Kier molecular flexibility index (Phi) is 6.43. The van der Waals surface area contributed by atoms with E-state index < -0.39 is 24.6 Å². The Labute approximate surface area is 143 Å². The fraction of sp³-hybridized carbons (Fsp3) is 0.222. The summed E-state index contributed by atoms with van der Waals surface area (Å²) in [5.41, 5.74) is 1.41. The Hall–Kier alpha value is -2.98. The lowest BCUT2D eigenvalue weighted by Gasteiger charge is -2.24. The molecule has 0 radical (unpaired) electrons. The monoisotopic (exact) mass is 345 g/mol. The summed E-state index contributed by atoms with van der Waals surface area (Å²) in [4.78, 5) is 12.1. The SMILES string of the molecule is N#Cc1cccc(NC(=O)N[C@@H](Cc2ccccc2)[C@@H](O)C(F)F)c1. The molecule has 0 fully saturated rings. The van der Waals surface area contributed by atoms with Crippen LogP contribution in [0.5, 0.6) is 0 Å². The summed E-state index contributed by atoms with van der Waals surface area (Å²) in [5, 5.41) is 23.4. The highest BCUT2D eigenvalue weighted by Crippen LogP contribution is 2.13. The number of urea groups is 1. The lowest BCUT2D eigenvalue weighted by molar-refractivity contribution is -0.0232. The molecule has 7 heteroatoms. The van der Waals surface area contributed by atoms with Crippen LogP contribution in [0.1, 0.15) is 11.1 Å². The van der Waals surface area contributed by atoms with Crippen LogP contribution in [0.2, 0.25) is 0 Å². The van der Waals surface area contributed by atoms with E-state index in [4.69, 9.17) is 5.26 Å². The van der Waals surface area contributed by atoms with Crippen LogP contribution < -0.4 is 10.6 Å². The fourth-order valence-corrected chi connectivity index (χ4v) is 2.30. The van der Waals surface area contributed by atoms with Crippen LogP contribution in [-0.2, 0) is 6.42 Å². The molecule has 0 heterocycles. The normalized spacial score (nSPS) is 12.9. The molecule has 5 nitrogen and oxygen atoms in total. The third-order valence-electron chi connectivity index (χ3n) is 3.53. The van der Waals surface area contributed by atoms with E-state index >= 15 is 0 Å². The van der Waals surface area contributed by atoms with Crippen molar-refractivity contribution < 1.29 is 18.7 Å². The van der Waals surface area contributed by atoms with Gasteiger partial charge in [0.2, 0.25) is 0 Å². The van der Waals surface area contributed by atoms with Gasteiger partial charge in [-0.05, 0) is 30.2 Å². The molecule has 25 heavy (non-hydrogen) atoms. The van der Waals surface area contributed by atoms with E-state index in [1.165, 1.54) is 6.07 Å². The number of rotatable bonds is 6. The number of aliphatic hydroxyl groups excluding tert-OH is 1. The van der Waals surface area contributed by atoms with Crippen molar-refractivity contribution in [3.63, 3.8) is 0 Å². The Bertz CT molecular complexity index is 747. The summed E-state index contributed by atoms with van der Waals surface area (Å²) < 4.78 is 25.8. The Morgan fingerprint density at radius 1 is 1.16 bits per heavy atom. The van der Waals surface area contributed by atoms with Crippen molar-refractivity contribution in [3.8, 4) is 6.07 Å². The molecule has 2 amide bonds. The number of alkyl halides is 2. The molecule has 0 saturated carbocycles. The summed E-state index contributed by atoms with van der Waals surface area (Å²) in [7, 11) is 0. The molecule has 3 N–H and O–H groups in total. The molecule has 130 valence electrons. The second-order valence-electron chi connectivity index (χ2n) is 5.41. The average Bonchev–Trinajstić information content (AvgIpc) is 2.61. The maximum atomic E-state index is 12.9. The zero-order valence-corrected chi connectivity index (χ0v) is 13.2. The molecule has 0 aliphatic carbocycles. The average molecular weight is 345 g/mol. The van der Waals surface area contributed by atoms with E-state index in [1.54, 1.807) is 48.5 Å². The molecule has 0 aliphatic rings. The van der Waals surface area contributed by atoms with Gasteiger partial charge >= 0.3 is 6.03 Å². The Morgan fingerprint density at radius 2 is 1.88 bits per heavy atom. The van der Waals surface area contributed by atoms with E-state index in [1.807, 2.05) is 6.07 Å². The van der Waals surface area contributed by atoms with Crippen molar-refractivity contribution in [2.75, 3.05) is 5.32 Å². The second kappa shape index (κ2) is 8.76. The highest BCUT2D eigenvalue weighted by molar-refractivity contribution is 5.89. The lowest BCUT2D eigenvalue weighted by atomic mass is 10.0. The summed E-state index contributed by atoms with van der Waals surface area (Å²) in [6.07, 6.45) is -4.94. The van der Waals surface area contributed by atoms with Gasteiger partial charge in [0.1, 0.15) is 6.10 Å². The number of nitrogens with one attached hydrogen (secondary N) is 2. The number of nitrogens with zero attached hydrogens (tertiary/aromatic N) is 1. The number of hydrogen-bond donors (Lipinski definition) is 3. The molecule has 0 spiro atoms. The minimum Gasteiger partial charge on any atom is -0.385 e. The van der Waals surface area contributed by atoms with Gasteiger partial charge in [0.25, 0.3) is 6.43 Å². The van der Waals surface area contributed by atoms with E-state index in [-0.39, 0.29) is 6.42 Å². The lowest BCUT2D eigenvalue weighted by Crippen LogP contribution is -2.49. The fourth-order valence-electron chi connectivity index (χ4n) is 2.30. The molecule has 2 rings (SSSR count). The summed E-state index contributed by atoms with van der Waals surface area (Å²) in [6.45, 7) is 0. The van der Waals surface area contributed by atoms with E-state index in [9.17, 15) is 18.7 Å². The second-order valence-corrected chi connectivity index (χ2v) is 5.41. The maximum absolute atomic E-state index is 12.9. The number of anilines is 1. The van der Waals surface area contributed by atoms with Crippen LogP contribution >= 0.6 is 0 Å². The standard InChI is InChI=1S/C18H17F2N3O2/c19-17(20)16(24)15(10-12-5-2-1-3-6-12)23-18(25)22-14-8-4-7-13(9-14)11-21/h1-9,15-17,24H,10H2,(H2,22,23,25)/t15-,16+/m0/s1. The van der Waals surface area contributed by atoms with Gasteiger partial charge in [0, 0.05) is 5.69 Å². The smallest absolute Gasteiger partial charge is 0.319 e. The van der Waals surface area contributed by atoms with Crippen molar-refractivity contribution in [3.05, 3.63) is 65.7 Å². The van der Waals surface area contributed by atoms with E-state index in [2.05, 4.69) is 10.6 Å². The van der Waals surface area contributed by atoms with Gasteiger partial charge in [-0.3, -0.25) is 0 Å². The van der Waals surface area contributed by atoms with Crippen LogP contribution in [-0.4, -0.2) is 29.7 Å². The quantitative estimate of drug-likeness (QED) is 0.752. The predicted octanol–water partition coefficient (Wildman–Crippen LogP) is 2.92. The number of hydrogen-bond acceptors (Lipinski definition) is 3. The van der Waals surface area contributed by atoms with Gasteiger partial charge < -0.3 is 15.7 Å². The number of aliphatic hydroxyl groups is 1. The molecule has 0 unspecified atom stereocenters. The molecule has 2 aromatic carbocycles. The zero-order valence-electron chi connectivity index (χ0n) is 13.2. The first-order chi connectivity index (χ1) is 12.0. The van der Waals surface area contributed by atoms with Crippen molar-refractivity contribution in [2.45, 2.75) is 25.0 Å². The van der Waals surface area contributed by atoms with Crippen molar-refractivity contribution in [1.29, 1.82) is 5.26 Å². The topological polar surface area (TPSA) is 85.2 Å². The first kappa shape index (κ1) is 18.4. The van der Waals surface area contributed by atoms with Crippen LogP contribution in [0.15, 0.2) is 54.6 Å². The van der Waals surface area contributed by atoms with Crippen LogP contribution in [0.3, 0.4) is 0 Å². The molecule has 2 aromatic rings. The Morgan fingerprint density at radius 3 is 2.52 bits per heavy atom. The minimum atomic E-state index is -2.99. The van der Waals surface area contributed by atoms with Gasteiger partial charge in [-0.2, -0.15) is 5.26 Å². The first-order valence-corrected chi connectivity index (χ1v) is 7.57. The largest absolute Gasteiger partial charge is 0.385 e. The van der Waals surface area contributed by atoms with Crippen molar-refractivity contribution in [1.82, 2.24) is 5.32 Å². The minimum absolute atomic E-state index is 0.0536. The maximum Gasteiger partial charge on any atom is 0.319 e. The number of carbonyl (C=O) groups excluding carboxylic acids is 1. The molecule has 0 saturated heterocycles. The van der Waals surface area contributed by atoms with Crippen LogP contribution in [0.4, 0.5) is 19.3 Å². The van der Waals surface area contributed by atoms with Crippen molar-refractivity contribution in [2.24, 2.45) is 0 Å². The van der Waals surface area contributed by atoms with Gasteiger partial charge in [-0.1, -0.05) is 36.4 Å². The van der Waals surface area contributed by atoms with Crippen LogP contribution in [0, 0.1) is 11.3 Å². The predicted molar refractivity (Wildman–Crippen MR) is 89.3 cm³/mol. The van der Waals surface area contributed by atoms with Crippen LogP contribution in [0.25, 0.3) is 0 Å². The highest BCUT2D eigenvalue weighted by Gasteiger charge is 2.29. The van der Waals surface area contributed by atoms with Gasteiger partial charge in [-0.25, -0.2) is 13.6 Å². The summed E-state index contributed by atoms with van der Waals surface area (Å²) in [5.74, 6) is 0. The molecule has 0 bridgehead atoms. The third kappa shape index (κ3) is 5.55. The number of benzene rings is 2. The van der Waals surface area contributed by atoms with Gasteiger partial charge in [0.05, 0.1) is 17.7 Å². The van der Waals surface area contributed by atoms with Crippen molar-refractivity contribution >= 4 is 11.7 Å². The number of nitriles is 1. The van der Waals surface area contributed by atoms with E-state index in [0.29, 0.717) is 16.8 Å². The summed E-state index contributed by atoms with van der Waals surface area (Å²) >= 11 is 0. The number of halogens is 2. The zero-order chi connectivity index (χ0) is 18.2. The highest BCUT2D eigenvalue weighted by atomic mass is 19.3. The Balaban J connectivity index is 2.07. The van der Waals surface area contributed by atoms with Gasteiger partial charge in [0.15, 0.2) is 0 Å². The number of amides is 2.